The highest BCUT2D eigenvalue weighted by Gasteiger charge is 2.22. The maximum atomic E-state index is 11.2. The Labute approximate surface area is 106 Å². The fourth-order valence-corrected chi connectivity index (χ4v) is 2.04. The van der Waals surface area contributed by atoms with Gasteiger partial charge in [-0.15, -0.1) is 0 Å². The van der Waals surface area contributed by atoms with Crippen molar-refractivity contribution in [3.8, 4) is 0 Å². The molecule has 0 radical (unpaired) electrons. The first kappa shape index (κ1) is 14.8. The van der Waals surface area contributed by atoms with Crippen LogP contribution < -0.4 is 0 Å². The zero-order chi connectivity index (χ0) is 13.8. The summed E-state index contributed by atoms with van der Waals surface area (Å²) in [5.74, 6) is -0.946. The molecule has 7 nitrogen and oxygen atoms in total. The topological polar surface area (TPSA) is 95.0 Å². The van der Waals surface area contributed by atoms with E-state index in [1.54, 1.807) is 11.9 Å². The fourth-order valence-electron chi connectivity index (χ4n) is 1.55. The molecule has 0 fully saturated rings. The third kappa shape index (κ3) is 4.94. The summed E-state index contributed by atoms with van der Waals surface area (Å²) < 4.78 is 29.5. The highest BCUT2D eigenvalue weighted by atomic mass is 32.2. The van der Waals surface area contributed by atoms with Crippen molar-refractivity contribution >= 4 is 21.9 Å². The van der Waals surface area contributed by atoms with Gasteiger partial charge in [-0.25, -0.2) is 0 Å². The summed E-state index contributed by atoms with van der Waals surface area (Å²) >= 11 is 0. The number of imide groups is 1. The molecule has 2 amide bonds. The highest BCUT2D eigenvalue weighted by Crippen LogP contribution is 2.03. The molecule has 18 heavy (non-hydrogen) atoms. The molecule has 8 heteroatoms. The third-order valence-electron chi connectivity index (χ3n) is 2.55. The van der Waals surface area contributed by atoms with Gasteiger partial charge in [0, 0.05) is 25.2 Å². The van der Waals surface area contributed by atoms with Crippen molar-refractivity contribution in [2.24, 2.45) is 0 Å². The van der Waals surface area contributed by atoms with Crippen LogP contribution in [0.5, 0.6) is 0 Å². The van der Waals surface area contributed by atoms with Gasteiger partial charge in [-0.3, -0.25) is 19.0 Å². The Morgan fingerprint density at radius 1 is 1.22 bits per heavy atom. The maximum Gasteiger partial charge on any atom is 0.264 e. The van der Waals surface area contributed by atoms with Crippen LogP contribution in [0.3, 0.4) is 0 Å². The van der Waals surface area contributed by atoms with Crippen LogP contribution >= 0.6 is 0 Å². The summed E-state index contributed by atoms with van der Waals surface area (Å²) in [6, 6.07) is 0. The number of amides is 2. The van der Waals surface area contributed by atoms with Gasteiger partial charge in [0.1, 0.15) is 0 Å². The van der Waals surface area contributed by atoms with Crippen LogP contribution in [0.2, 0.25) is 0 Å². The van der Waals surface area contributed by atoms with Gasteiger partial charge in [0.15, 0.2) is 0 Å². The van der Waals surface area contributed by atoms with E-state index in [1.807, 2.05) is 0 Å². The number of carbonyl (C=O) groups excluding carboxylic acids is 2. The Kier molecular flexibility index (Phi) is 5.00. The number of carbonyl (C=O) groups is 2. The molecule has 0 atom stereocenters. The first-order valence-corrected chi connectivity index (χ1v) is 7.08. The van der Waals surface area contributed by atoms with Crippen LogP contribution in [0.15, 0.2) is 12.2 Å². The minimum absolute atomic E-state index is 0.271. The van der Waals surface area contributed by atoms with Gasteiger partial charge >= 0.3 is 0 Å². The van der Waals surface area contributed by atoms with E-state index in [-0.39, 0.29) is 24.1 Å². The van der Waals surface area contributed by atoms with E-state index < -0.39 is 10.1 Å². The molecule has 1 N–H and O–H groups in total. The number of likely N-dealkylation sites (N-methyl/N-ethyl adjacent to an activating group) is 1. The lowest BCUT2D eigenvalue weighted by Gasteiger charge is -2.20. The summed E-state index contributed by atoms with van der Waals surface area (Å²) in [5.41, 5.74) is 0. The molecular weight excluding hydrogens is 260 g/mol. The molecule has 0 unspecified atom stereocenters. The molecule has 0 aromatic carbocycles. The Hall–Kier alpha value is -1.25. The van der Waals surface area contributed by atoms with Crippen LogP contribution in [0.25, 0.3) is 0 Å². The van der Waals surface area contributed by atoms with E-state index in [9.17, 15) is 18.0 Å². The van der Waals surface area contributed by atoms with Gasteiger partial charge in [-0.05, 0) is 20.0 Å². The molecule has 0 aromatic rings. The molecule has 1 aliphatic heterocycles. The van der Waals surface area contributed by atoms with Gasteiger partial charge in [0.2, 0.25) is 0 Å². The van der Waals surface area contributed by atoms with Crippen LogP contribution in [-0.4, -0.2) is 67.0 Å². The van der Waals surface area contributed by atoms with Crippen LogP contribution in [0.4, 0.5) is 0 Å². The average molecular weight is 276 g/mol. The van der Waals surface area contributed by atoms with Crippen molar-refractivity contribution in [3.63, 3.8) is 0 Å². The number of hydrogen-bond donors (Lipinski definition) is 1. The number of rotatable bonds is 7. The van der Waals surface area contributed by atoms with E-state index in [4.69, 9.17) is 4.55 Å². The van der Waals surface area contributed by atoms with Crippen LogP contribution in [0, 0.1) is 0 Å². The monoisotopic (exact) mass is 276 g/mol. The van der Waals surface area contributed by atoms with Gasteiger partial charge in [0.25, 0.3) is 21.9 Å². The quantitative estimate of drug-likeness (QED) is 0.479. The molecule has 0 spiro atoms. The molecule has 1 heterocycles. The smallest absolute Gasteiger partial charge is 0.264 e. The first-order chi connectivity index (χ1) is 8.29. The molecule has 0 bridgehead atoms. The van der Waals surface area contributed by atoms with E-state index in [2.05, 4.69) is 0 Å². The Morgan fingerprint density at radius 2 is 1.78 bits per heavy atom. The fraction of sp³-hybridized carbons (Fsp3) is 0.600. The summed E-state index contributed by atoms with van der Waals surface area (Å²) in [7, 11) is -2.17. The second kappa shape index (κ2) is 6.07. The zero-order valence-corrected chi connectivity index (χ0v) is 10.9. The van der Waals surface area contributed by atoms with Crippen molar-refractivity contribution in [2.45, 2.75) is 6.42 Å². The summed E-state index contributed by atoms with van der Waals surface area (Å²) in [5, 5.41) is 0. The van der Waals surface area contributed by atoms with Crippen molar-refractivity contribution in [1.82, 2.24) is 9.80 Å². The molecule has 0 aliphatic carbocycles. The summed E-state index contributed by atoms with van der Waals surface area (Å²) in [4.78, 5) is 25.4. The zero-order valence-electron chi connectivity index (χ0n) is 10.1. The van der Waals surface area contributed by atoms with E-state index in [0.29, 0.717) is 19.5 Å². The predicted molar refractivity (Wildman–Crippen MR) is 64.4 cm³/mol. The lowest BCUT2D eigenvalue weighted by molar-refractivity contribution is -0.136. The second-order valence-electron chi connectivity index (χ2n) is 4.10. The highest BCUT2D eigenvalue weighted by molar-refractivity contribution is 7.85. The van der Waals surface area contributed by atoms with Gasteiger partial charge in [-0.2, -0.15) is 8.42 Å². The third-order valence-corrected chi connectivity index (χ3v) is 3.35. The minimum Gasteiger partial charge on any atom is -0.305 e. The first-order valence-electron chi connectivity index (χ1n) is 5.47. The second-order valence-corrected chi connectivity index (χ2v) is 5.68. The van der Waals surface area contributed by atoms with Crippen molar-refractivity contribution in [1.29, 1.82) is 0 Å². The van der Waals surface area contributed by atoms with Crippen molar-refractivity contribution < 1.29 is 22.6 Å². The van der Waals surface area contributed by atoms with Crippen molar-refractivity contribution in [3.05, 3.63) is 12.2 Å². The standard InChI is InChI=1S/C10H16N2O5S/c1-11(5-2-8-18(15,16)17)6-7-12-9(13)3-4-10(12)14/h3-4H,2,5-8H2,1H3,(H,15,16,17). The molecule has 102 valence electrons. The Bertz CT molecular complexity index is 439. The van der Waals surface area contributed by atoms with E-state index in [0.717, 1.165) is 4.90 Å². The molecule has 0 aromatic heterocycles. The molecule has 1 aliphatic rings. The predicted octanol–water partition coefficient (Wildman–Crippen LogP) is -0.879. The van der Waals surface area contributed by atoms with Crippen molar-refractivity contribution in [2.75, 3.05) is 32.4 Å². The lowest BCUT2D eigenvalue weighted by atomic mass is 10.4. The van der Waals surface area contributed by atoms with Crippen LogP contribution in [-0.2, 0) is 19.7 Å². The normalized spacial score (nSPS) is 16.1. The lowest BCUT2D eigenvalue weighted by Crippen LogP contribution is -2.37. The minimum atomic E-state index is -3.92. The average Bonchev–Trinajstić information content (AvgIpc) is 2.54. The summed E-state index contributed by atoms with van der Waals surface area (Å²) in [6.45, 7) is 1.20. The molecule has 0 saturated heterocycles. The van der Waals surface area contributed by atoms with Crippen LogP contribution in [0.1, 0.15) is 6.42 Å². The summed E-state index contributed by atoms with van der Waals surface area (Å²) in [6.07, 6.45) is 2.75. The SMILES string of the molecule is CN(CCCS(=O)(=O)O)CCN1C(=O)C=CC1=O. The number of nitrogens with zero attached hydrogens (tertiary/aromatic N) is 2. The Morgan fingerprint density at radius 3 is 2.28 bits per heavy atom. The van der Waals surface area contributed by atoms with Gasteiger partial charge in [0.05, 0.1) is 5.75 Å². The molecular formula is C10H16N2O5S. The van der Waals surface area contributed by atoms with E-state index >= 15 is 0 Å². The molecule has 1 rings (SSSR count). The van der Waals surface area contributed by atoms with Gasteiger partial charge in [-0.1, -0.05) is 0 Å². The maximum absolute atomic E-state index is 11.2. The molecule has 0 saturated carbocycles. The number of hydrogen-bond acceptors (Lipinski definition) is 5. The van der Waals surface area contributed by atoms with E-state index in [1.165, 1.54) is 12.2 Å². The largest absolute Gasteiger partial charge is 0.305 e. The van der Waals surface area contributed by atoms with Gasteiger partial charge < -0.3 is 4.90 Å². The Balaban J connectivity index is 2.23.